The van der Waals surface area contributed by atoms with Crippen LogP contribution in [0.1, 0.15) is 43.7 Å². The predicted molar refractivity (Wildman–Crippen MR) is 134 cm³/mol. The van der Waals surface area contributed by atoms with Crippen molar-refractivity contribution in [2.24, 2.45) is 0 Å². The lowest BCUT2D eigenvalue weighted by Gasteiger charge is -2.31. The van der Waals surface area contributed by atoms with Gasteiger partial charge in [-0.1, -0.05) is 18.2 Å². The summed E-state index contributed by atoms with van der Waals surface area (Å²) in [6.07, 6.45) is -8.65. The maximum atomic E-state index is 13.6. The van der Waals surface area contributed by atoms with Gasteiger partial charge >= 0.3 is 20.2 Å². The molecule has 0 spiro atoms. The minimum atomic E-state index is -4.65. The quantitative estimate of drug-likeness (QED) is 0.295. The lowest BCUT2D eigenvalue weighted by molar-refractivity contribution is -0.139. The molecule has 0 amide bonds. The number of fused-ring (bicyclic) bond motifs is 2. The number of nitrogens with zero attached hydrogens (tertiary/aromatic N) is 4. The third-order valence-electron chi connectivity index (χ3n) is 7.06. The summed E-state index contributed by atoms with van der Waals surface area (Å²) in [5.74, 6) is 0.0441. The number of hydrogen-bond donors (Lipinski definition) is 1. The fourth-order valence-corrected chi connectivity index (χ4v) is 6.65. The van der Waals surface area contributed by atoms with E-state index in [-0.39, 0.29) is 48.2 Å². The van der Waals surface area contributed by atoms with E-state index in [1.165, 1.54) is 29.1 Å². The Hall–Kier alpha value is -3.50. The Bertz CT molecular complexity index is 1570. The zero-order valence-corrected chi connectivity index (χ0v) is 23.0. The van der Waals surface area contributed by atoms with Gasteiger partial charge in [-0.15, -0.1) is 0 Å². The Kier molecular flexibility index (Phi) is 7.05. The zero-order valence-electron chi connectivity index (χ0n) is 22.1. The van der Waals surface area contributed by atoms with Crippen molar-refractivity contribution in [1.82, 2.24) is 19.5 Å². The van der Waals surface area contributed by atoms with E-state index in [2.05, 4.69) is 15.0 Å². The molecule has 3 saturated heterocycles. The van der Waals surface area contributed by atoms with Crippen molar-refractivity contribution in [2.45, 2.75) is 56.6 Å². The standard InChI is InChI=1S/C24H25F3N5O9P/c1-3-35-19-16-18(30-21(28)31-19)32(11-29-16)20-23(2)17(39-22(33)40-23)15(38-20)10-37-42(34)36-9-8-14(41-42)12-6-4-5-7-13(12)24(25,26)27/h4-7,11,14-15,17,20H,3,8-10H2,1-2H3,(H2,28,30,31)/t14-,15-,17-,20-,23-,42+/m1/s1. The van der Waals surface area contributed by atoms with E-state index in [9.17, 15) is 22.5 Å². The van der Waals surface area contributed by atoms with Crippen LogP contribution in [-0.4, -0.2) is 63.3 Å². The molecule has 1 aromatic carbocycles. The van der Waals surface area contributed by atoms with Gasteiger partial charge in [-0.3, -0.25) is 18.1 Å². The lowest BCUT2D eigenvalue weighted by Crippen LogP contribution is -2.42. The zero-order chi connectivity index (χ0) is 29.9. The van der Waals surface area contributed by atoms with E-state index in [0.29, 0.717) is 0 Å². The summed E-state index contributed by atoms with van der Waals surface area (Å²) in [7, 11) is -4.37. The first-order chi connectivity index (χ1) is 19.9. The second-order valence-corrected chi connectivity index (χ2v) is 11.4. The first-order valence-electron chi connectivity index (χ1n) is 12.8. The lowest BCUT2D eigenvalue weighted by atomic mass is 9.96. The number of nitrogens with two attached hydrogens (primary N) is 1. The third-order valence-corrected chi connectivity index (χ3v) is 8.54. The van der Waals surface area contributed by atoms with Crippen LogP contribution in [0.25, 0.3) is 11.2 Å². The Morgan fingerprint density at radius 3 is 2.81 bits per heavy atom. The molecule has 5 heterocycles. The van der Waals surface area contributed by atoms with Crippen LogP contribution in [0.4, 0.5) is 23.9 Å². The van der Waals surface area contributed by atoms with E-state index in [4.69, 9.17) is 38.3 Å². The number of imidazole rings is 1. The molecule has 2 aromatic heterocycles. The molecule has 14 nitrogen and oxygen atoms in total. The highest BCUT2D eigenvalue weighted by molar-refractivity contribution is 7.48. The number of ether oxygens (including phenoxy) is 4. The van der Waals surface area contributed by atoms with Crippen LogP contribution in [0, 0.1) is 0 Å². The highest BCUT2D eigenvalue weighted by Crippen LogP contribution is 2.58. The van der Waals surface area contributed by atoms with Crippen molar-refractivity contribution < 1.29 is 55.0 Å². The van der Waals surface area contributed by atoms with Gasteiger partial charge in [-0.05, 0) is 25.5 Å². The van der Waals surface area contributed by atoms with Crippen molar-refractivity contribution in [3.63, 3.8) is 0 Å². The van der Waals surface area contributed by atoms with E-state index < -0.39 is 62.5 Å². The molecule has 18 heteroatoms. The van der Waals surface area contributed by atoms with Gasteiger partial charge in [-0.2, -0.15) is 23.1 Å². The molecule has 42 heavy (non-hydrogen) atoms. The Morgan fingerprint density at radius 1 is 1.26 bits per heavy atom. The van der Waals surface area contributed by atoms with Gasteiger partial charge in [-0.25, -0.2) is 14.3 Å². The molecule has 2 N–H and O–H groups in total. The number of nitrogen functional groups attached to an aromatic ring is 1. The van der Waals surface area contributed by atoms with Crippen molar-refractivity contribution in [3.8, 4) is 5.88 Å². The Balaban J connectivity index is 1.24. The molecule has 0 saturated carbocycles. The Labute approximate surface area is 235 Å². The van der Waals surface area contributed by atoms with E-state index >= 15 is 0 Å². The van der Waals surface area contributed by atoms with Crippen molar-refractivity contribution in [3.05, 3.63) is 41.7 Å². The molecular weight excluding hydrogens is 590 g/mol. The van der Waals surface area contributed by atoms with Crippen molar-refractivity contribution >= 4 is 31.1 Å². The summed E-state index contributed by atoms with van der Waals surface area (Å²) in [6, 6.07) is 4.83. The average molecular weight is 615 g/mol. The molecule has 6 rings (SSSR count). The maximum Gasteiger partial charge on any atom is 0.509 e. The highest BCUT2D eigenvalue weighted by Gasteiger charge is 2.64. The second-order valence-electron chi connectivity index (χ2n) is 9.79. The van der Waals surface area contributed by atoms with Crippen LogP contribution >= 0.6 is 7.82 Å². The number of hydrogen-bond acceptors (Lipinski definition) is 13. The molecule has 0 bridgehead atoms. The molecule has 226 valence electrons. The summed E-state index contributed by atoms with van der Waals surface area (Å²) in [4.78, 5) is 24.8. The fourth-order valence-electron chi connectivity index (χ4n) is 5.27. The Morgan fingerprint density at radius 2 is 2.05 bits per heavy atom. The molecule has 3 fully saturated rings. The largest absolute Gasteiger partial charge is 0.509 e. The van der Waals surface area contributed by atoms with Crippen LogP contribution in [0.2, 0.25) is 0 Å². The van der Waals surface area contributed by atoms with E-state index in [1.807, 2.05) is 0 Å². The summed E-state index contributed by atoms with van der Waals surface area (Å²) in [5.41, 5.74) is 3.82. The van der Waals surface area contributed by atoms with Gasteiger partial charge < -0.3 is 24.7 Å². The van der Waals surface area contributed by atoms with E-state index in [0.717, 1.165) is 6.07 Å². The first kappa shape index (κ1) is 28.6. The number of alkyl halides is 3. The summed E-state index contributed by atoms with van der Waals surface area (Å²) < 4.78 is 94.4. The van der Waals surface area contributed by atoms with Crippen LogP contribution in [-0.2, 0) is 38.5 Å². The number of halogens is 3. The van der Waals surface area contributed by atoms with Crippen LogP contribution < -0.4 is 10.5 Å². The smallest absolute Gasteiger partial charge is 0.476 e. The number of rotatable bonds is 7. The second kappa shape index (κ2) is 10.3. The topological polar surface area (TPSA) is 168 Å². The number of phosphoric acid groups is 1. The van der Waals surface area contributed by atoms with Crippen LogP contribution in [0.15, 0.2) is 30.6 Å². The predicted octanol–water partition coefficient (Wildman–Crippen LogP) is 4.32. The average Bonchev–Trinajstić information content (AvgIpc) is 3.56. The van der Waals surface area contributed by atoms with Gasteiger partial charge in [0.2, 0.25) is 11.8 Å². The normalized spacial score (nSPS) is 31.1. The van der Waals surface area contributed by atoms with Crippen LogP contribution in [0.3, 0.4) is 0 Å². The number of aromatic nitrogens is 4. The van der Waals surface area contributed by atoms with Gasteiger partial charge in [0, 0.05) is 6.42 Å². The minimum absolute atomic E-state index is 0.0109. The monoisotopic (exact) mass is 615 g/mol. The highest BCUT2D eigenvalue weighted by atomic mass is 31.2. The van der Waals surface area contributed by atoms with Gasteiger partial charge in [0.25, 0.3) is 0 Å². The van der Waals surface area contributed by atoms with Gasteiger partial charge in [0.05, 0.1) is 37.8 Å². The molecule has 3 aromatic rings. The fraction of sp³-hybridized carbons (Fsp3) is 0.500. The van der Waals surface area contributed by atoms with Crippen molar-refractivity contribution in [2.75, 3.05) is 25.6 Å². The molecular formula is C24H25F3N5O9P. The number of carbonyl (C=O) groups is 1. The summed E-state index contributed by atoms with van der Waals surface area (Å²) in [5, 5.41) is 0. The molecule has 3 aliphatic heterocycles. The number of phosphoric ester groups is 1. The first-order valence-corrected chi connectivity index (χ1v) is 14.3. The molecule has 3 aliphatic rings. The molecule has 0 radical (unpaired) electrons. The number of benzene rings is 1. The van der Waals surface area contributed by atoms with Crippen LogP contribution in [0.5, 0.6) is 5.88 Å². The maximum absolute atomic E-state index is 13.6. The summed E-state index contributed by atoms with van der Waals surface area (Å²) in [6.45, 7) is 2.93. The van der Waals surface area contributed by atoms with Crippen molar-refractivity contribution in [1.29, 1.82) is 0 Å². The number of anilines is 1. The molecule has 0 aliphatic carbocycles. The molecule has 6 atom stereocenters. The summed E-state index contributed by atoms with van der Waals surface area (Å²) >= 11 is 0. The van der Waals surface area contributed by atoms with Gasteiger partial charge in [0.1, 0.15) is 6.10 Å². The SMILES string of the molecule is CCOc1nc(N)nc2c1ncn2[C@@H]1O[C@H](CO[P@]2(=O)OCC[C@H](c3ccccc3C(F)(F)F)O2)[C@H]2OC(=O)O[C@]21C. The van der Waals surface area contributed by atoms with E-state index in [1.54, 1.807) is 13.8 Å². The third kappa shape index (κ3) is 4.94. The number of carbonyl (C=O) groups excluding carboxylic acids is 1. The van der Waals surface area contributed by atoms with Gasteiger partial charge in [0.15, 0.2) is 29.1 Å². The minimum Gasteiger partial charge on any atom is -0.476 e. The molecule has 0 unspecified atom stereocenters.